The Morgan fingerprint density at radius 2 is 1.79 bits per heavy atom. The Morgan fingerprint density at radius 3 is 2.48 bits per heavy atom. The zero-order valence-corrected chi connectivity index (χ0v) is 19.0. The van der Waals surface area contributed by atoms with Gasteiger partial charge >= 0.3 is 0 Å². The first-order chi connectivity index (χ1) is 15.8. The smallest absolute Gasteiger partial charge is 0.255 e. The quantitative estimate of drug-likeness (QED) is 0.626. The average molecular weight is 443 g/mol. The predicted octanol–water partition coefficient (Wildman–Crippen LogP) is 3.64. The van der Waals surface area contributed by atoms with Crippen LogP contribution in [-0.2, 0) is 23.2 Å². The topological polar surface area (TPSA) is 84.3 Å². The summed E-state index contributed by atoms with van der Waals surface area (Å²) in [7, 11) is 2.04. The summed E-state index contributed by atoms with van der Waals surface area (Å²) >= 11 is 0. The molecule has 0 aliphatic carbocycles. The third kappa shape index (κ3) is 3.53. The molecular weight excluding hydrogens is 416 g/mol. The van der Waals surface area contributed by atoms with E-state index in [-0.39, 0.29) is 24.2 Å². The Kier molecular flexibility index (Phi) is 5.12. The van der Waals surface area contributed by atoms with E-state index >= 15 is 0 Å². The second-order valence-electron chi connectivity index (χ2n) is 9.02. The lowest BCUT2D eigenvalue weighted by Gasteiger charge is -2.29. The number of piperidine rings is 1. The summed E-state index contributed by atoms with van der Waals surface area (Å²) in [6.07, 6.45) is 0.599. The van der Waals surface area contributed by atoms with Gasteiger partial charge in [-0.2, -0.15) is 0 Å². The van der Waals surface area contributed by atoms with Crippen molar-refractivity contribution in [2.45, 2.75) is 45.2 Å². The molecule has 0 saturated carbocycles. The summed E-state index contributed by atoms with van der Waals surface area (Å²) in [5.41, 5.74) is 5.40. The average Bonchev–Trinajstić information content (AvgIpc) is 3.31. The molecule has 168 valence electrons. The van der Waals surface area contributed by atoms with Crippen LogP contribution in [0.2, 0.25) is 0 Å². The Hall–Kier alpha value is -3.74. The van der Waals surface area contributed by atoms with Crippen molar-refractivity contribution < 1.29 is 14.4 Å². The number of amides is 3. The minimum Gasteiger partial charge on any atom is -0.330 e. The van der Waals surface area contributed by atoms with E-state index in [0.717, 1.165) is 33.9 Å². The number of aromatic nitrogens is 2. The summed E-state index contributed by atoms with van der Waals surface area (Å²) in [6.45, 7) is 4.60. The van der Waals surface area contributed by atoms with Gasteiger partial charge in [0.2, 0.25) is 11.8 Å². The summed E-state index contributed by atoms with van der Waals surface area (Å²) < 4.78 is 2.14. The Balaban J connectivity index is 1.54. The zero-order chi connectivity index (χ0) is 23.3. The maximum absolute atomic E-state index is 13.0. The van der Waals surface area contributed by atoms with Gasteiger partial charge in [0.1, 0.15) is 11.9 Å². The van der Waals surface area contributed by atoms with Crippen LogP contribution in [0.3, 0.4) is 0 Å². The molecule has 1 unspecified atom stereocenters. The fourth-order valence-corrected chi connectivity index (χ4v) is 4.88. The first-order valence-electron chi connectivity index (χ1n) is 11.2. The molecule has 33 heavy (non-hydrogen) atoms. The summed E-state index contributed by atoms with van der Waals surface area (Å²) in [5.74, 6) is 0.395. The molecule has 0 bridgehead atoms. The Labute approximate surface area is 192 Å². The third-order valence-electron chi connectivity index (χ3n) is 6.49. The highest BCUT2D eigenvalue weighted by Crippen LogP contribution is 2.37. The van der Waals surface area contributed by atoms with Crippen LogP contribution in [0.25, 0.3) is 22.5 Å². The predicted molar refractivity (Wildman–Crippen MR) is 124 cm³/mol. The van der Waals surface area contributed by atoms with Crippen molar-refractivity contribution in [2.24, 2.45) is 7.05 Å². The maximum atomic E-state index is 13.0. The van der Waals surface area contributed by atoms with E-state index in [1.54, 1.807) is 4.90 Å². The first kappa shape index (κ1) is 21.1. The number of hydrogen-bond acceptors (Lipinski definition) is 4. The Bertz CT molecular complexity index is 1280. The van der Waals surface area contributed by atoms with E-state index in [2.05, 4.69) is 35.9 Å². The number of benzene rings is 2. The molecule has 7 heteroatoms. The molecule has 1 aromatic heterocycles. The second-order valence-corrected chi connectivity index (χ2v) is 9.02. The highest BCUT2D eigenvalue weighted by molar-refractivity contribution is 6.05. The van der Waals surface area contributed by atoms with Gasteiger partial charge in [-0.15, -0.1) is 0 Å². The van der Waals surface area contributed by atoms with Gasteiger partial charge in [0.25, 0.3) is 5.91 Å². The SMILES string of the molecule is CC(C)c1nc(-c2ccc3c(c2)CN(C2CCC(=O)NC2=O)C3=O)c(-c2ccccc2)n1C. The van der Waals surface area contributed by atoms with Crippen molar-refractivity contribution in [3.63, 3.8) is 0 Å². The molecule has 3 heterocycles. The number of nitrogens with zero attached hydrogens (tertiary/aromatic N) is 3. The first-order valence-corrected chi connectivity index (χ1v) is 11.2. The van der Waals surface area contributed by atoms with Crippen LogP contribution in [0.1, 0.15) is 54.4 Å². The van der Waals surface area contributed by atoms with Crippen molar-refractivity contribution in [3.8, 4) is 22.5 Å². The lowest BCUT2D eigenvalue weighted by molar-refractivity contribution is -0.136. The number of fused-ring (bicyclic) bond motifs is 1. The summed E-state index contributed by atoms with van der Waals surface area (Å²) in [5, 5.41) is 2.35. The van der Waals surface area contributed by atoms with Crippen LogP contribution >= 0.6 is 0 Å². The van der Waals surface area contributed by atoms with E-state index in [0.29, 0.717) is 18.5 Å². The van der Waals surface area contributed by atoms with Crippen molar-refractivity contribution in [3.05, 3.63) is 65.5 Å². The number of imidazole rings is 1. The van der Waals surface area contributed by atoms with Gasteiger partial charge in [-0.25, -0.2) is 4.98 Å². The standard InChI is InChI=1S/C26H26N4O3/c1-15(2)24-28-22(23(29(24)3)16-7-5-4-6-8-16)17-9-10-19-18(13-17)14-30(26(19)33)20-11-12-21(31)27-25(20)32/h4-10,13,15,20H,11-12,14H2,1-3H3,(H,27,31,32). The van der Waals surface area contributed by atoms with E-state index in [4.69, 9.17) is 4.98 Å². The fourth-order valence-electron chi connectivity index (χ4n) is 4.88. The van der Waals surface area contributed by atoms with Crippen molar-refractivity contribution in [1.29, 1.82) is 0 Å². The van der Waals surface area contributed by atoms with Gasteiger partial charge in [0.05, 0.1) is 11.4 Å². The molecule has 1 atom stereocenters. The third-order valence-corrected chi connectivity index (χ3v) is 6.49. The molecule has 5 rings (SSSR count). The molecule has 7 nitrogen and oxygen atoms in total. The van der Waals surface area contributed by atoms with Crippen LogP contribution in [-0.4, -0.2) is 38.2 Å². The van der Waals surface area contributed by atoms with Gasteiger partial charge in [0.15, 0.2) is 0 Å². The van der Waals surface area contributed by atoms with Gasteiger partial charge in [-0.05, 0) is 24.1 Å². The van der Waals surface area contributed by atoms with E-state index in [1.165, 1.54) is 0 Å². The Morgan fingerprint density at radius 1 is 1.03 bits per heavy atom. The molecule has 3 aromatic rings. The molecule has 1 saturated heterocycles. The fraction of sp³-hybridized carbons (Fsp3) is 0.308. The number of rotatable bonds is 4. The van der Waals surface area contributed by atoms with Crippen LogP contribution in [0.4, 0.5) is 0 Å². The molecule has 1 N–H and O–H groups in total. The van der Waals surface area contributed by atoms with Crippen molar-refractivity contribution in [2.75, 3.05) is 0 Å². The van der Waals surface area contributed by atoms with Crippen LogP contribution in [0, 0.1) is 0 Å². The molecule has 3 amide bonds. The van der Waals surface area contributed by atoms with E-state index in [1.807, 2.05) is 43.4 Å². The van der Waals surface area contributed by atoms with Crippen molar-refractivity contribution in [1.82, 2.24) is 19.8 Å². The molecule has 2 aromatic carbocycles. The number of carbonyl (C=O) groups excluding carboxylic acids is 3. The largest absolute Gasteiger partial charge is 0.330 e. The highest BCUT2D eigenvalue weighted by atomic mass is 16.2. The van der Waals surface area contributed by atoms with Gasteiger partial charge in [-0.3, -0.25) is 19.7 Å². The van der Waals surface area contributed by atoms with Gasteiger partial charge in [0, 0.05) is 42.6 Å². The monoisotopic (exact) mass is 442 g/mol. The molecular formula is C26H26N4O3. The number of imide groups is 1. The van der Waals surface area contributed by atoms with E-state index < -0.39 is 11.9 Å². The molecule has 2 aliphatic rings. The minimum atomic E-state index is -0.617. The lowest BCUT2D eigenvalue weighted by atomic mass is 10.0. The van der Waals surface area contributed by atoms with Gasteiger partial charge in [-0.1, -0.05) is 50.2 Å². The lowest BCUT2D eigenvalue weighted by Crippen LogP contribution is -2.52. The molecule has 2 aliphatic heterocycles. The minimum absolute atomic E-state index is 0.168. The van der Waals surface area contributed by atoms with Crippen molar-refractivity contribution >= 4 is 17.7 Å². The van der Waals surface area contributed by atoms with Gasteiger partial charge < -0.3 is 9.47 Å². The van der Waals surface area contributed by atoms with Crippen LogP contribution in [0.5, 0.6) is 0 Å². The molecule has 1 fully saturated rings. The van der Waals surface area contributed by atoms with E-state index in [9.17, 15) is 14.4 Å². The number of carbonyl (C=O) groups is 3. The maximum Gasteiger partial charge on any atom is 0.255 e. The molecule has 0 spiro atoms. The summed E-state index contributed by atoms with van der Waals surface area (Å²) in [4.78, 5) is 43.5. The summed E-state index contributed by atoms with van der Waals surface area (Å²) in [6, 6.07) is 15.3. The zero-order valence-electron chi connectivity index (χ0n) is 19.0. The molecule has 0 radical (unpaired) electrons. The normalized spacial score (nSPS) is 18.1. The second kappa shape index (κ2) is 7.99. The number of hydrogen-bond donors (Lipinski definition) is 1. The highest BCUT2D eigenvalue weighted by Gasteiger charge is 2.39. The van der Waals surface area contributed by atoms with Crippen LogP contribution in [0.15, 0.2) is 48.5 Å². The number of nitrogens with one attached hydrogen (secondary N) is 1. The van der Waals surface area contributed by atoms with Crippen LogP contribution < -0.4 is 5.32 Å².